The molecule has 0 spiro atoms. The summed E-state index contributed by atoms with van der Waals surface area (Å²) in [6.07, 6.45) is 4.78. The van der Waals surface area contributed by atoms with Crippen molar-refractivity contribution in [2.75, 3.05) is 39.3 Å². The van der Waals surface area contributed by atoms with E-state index in [2.05, 4.69) is 27.3 Å². The maximum atomic E-state index is 12.6. The summed E-state index contributed by atoms with van der Waals surface area (Å²) in [5.74, 6) is 0.345. The zero-order chi connectivity index (χ0) is 20.1. The zero-order valence-corrected chi connectivity index (χ0v) is 16.4. The fraction of sp³-hybridized carbons (Fsp3) is 0.364. The fourth-order valence-electron chi connectivity index (χ4n) is 3.78. The molecule has 2 aromatic heterocycles. The number of hydrogen-bond acceptors (Lipinski definition) is 4. The van der Waals surface area contributed by atoms with E-state index >= 15 is 0 Å². The molecule has 152 valence electrons. The highest BCUT2D eigenvalue weighted by Gasteiger charge is 2.21. The number of aromatic nitrogens is 1. The summed E-state index contributed by atoms with van der Waals surface area (Å²) in [6.45, 7) is 4.46. The van der Waals surface area contributed by atoms with Crippen molar-refractivity contribution in [3.63, 3.8) is 0 Å². The van der Waals surface area contributed by atoms with E-state index in [0.717, 1.165) is 44.7 Å². The van der Waals surface area contributed by atoms with Crippen LogP contribution in [0, 0.1) is 0 Å². The number of benzene rings is 1. The van der Waals surface area contributed by atoms with Crippen LogP contribution in [0.5, 0.6) is 0 Å². The molecule has 7 nitrogen and oxygen atoms in total. The van der Waals surface area contributed by atoms with E-state index in [1.54, 1.807) is 12.1 Å². The predicted molar refractivity (Wildman–Crippen MR) is 111 cm³/mol. The maximum Gasteiger partial charge on any atom is 0.287 e. The lowest BCUT2D eigenvalue weighted by Gasteiger charge is -2.34. The molecule has 0 saturated carbocycles. The summed E-state index contributed by atoms with van der Waals surface area (Å²) in [5, 5.41) is 4.06. The SMILES string of the molecule is O=C(NCCN1CCN(C(=O)CCc2c[nH]c3ccccc23)CC1)c1ccco1. The number of H-pyrrole nitrogens is 1. The Morgan fingerprint density at radius 3 is 2.69 bits per heavy atom. The Hall–Kier alpha value is -3.06. The van der Waals surface area contributed by atoms with E-state index in [4.69, 9.17) is 4.42 Å². The predicted octanol–water partition coefficient (Wildman–Crippen LogP) is 2.27. The molecule has 0 bridgehead atoms. The van der Waals surface area contributed by atoms with E-state index in [1.165, 1.54) is 17.2 Å². The standard InChI is InChI=1S/C22H26N4O3/c27-21(8-7-17-16-24-19-5-2-1-4-18(17)19)26-13-11-25(12-14-26)10-9-23-22(28)20-6-3-15-29-20/h1-6,15-16,24H,7-14H2,(H,23,28). The van der Waals surface area contributed by atoms with Gasteiger partial charge in [0, 0.05) is 62.8 Å². The molecule has 0 radical (unpaired) electrons. The third-order valence-corrected chi connectivity index (χ3v) is 5.47. The number of para-hydroxylation sites is 1. The highest BCUT2D eigenvalue weighted by Crippen LogP contribution is 2.19. The molecule has 1 aliphatic heterocycles. The van der Waals surface area contributed by atoms with Crippen molar-refractivity contribution in [3.05, 3.63) is 60.2 Å². The molecule has 0 atom stereocenters. The topological polar surface area (TPSA) is 81.6 Å². The van der Waals surface area contributed by atoms with Crippen LogP contribution in [0.25, 0.3) is 10.9 Å². The Bertz CT molecular complexity index is 956. The van der Waals surface area contributed by atoms with Crippen LogP contribution in [0.1, 0.15) is 22.5 Å². The molecule has 0 aliphatic carbocycles. The smallest absolute Gasteiger partial charge is 0.287 e. The van der Waals surface area contributed by atoms with Gasteiger partial charge in [0.2, 0.25) is 5.91 Å². The monoisotopic (exact) mass is 394 g/mol. The highest BCUT2D eigenvalue weighted by atomic mass is 16.3. The first-order valence-corrected chi connectivity index (χ1v) is 10.1. The molecule has 1 aromatic carbocycles. The number of aryl methyl sites for hydroxylation is 1. The van der Waals surface area contributed by atoms with E-state index in [0.29, 0.717) is 18.7 Å². The minimum Gasteiger partial charge on any atom is -0.459 e. The number of fused-ring (bicyclic) bond motifs is 1. The summed E-state index contributed by atoms with van der Waals surface area (Å²) in [4.78, 5) is 31.9. The lowest BCUT2D eigenvalue weighted by Crippen LogP contribution is -2.50. The molecule has 1 fully saturated rings. The van der Waals surface area contributed by atoms with Crippen LogP contribution in [-0.2, 0) is 11.2 Å². The number of amides is 2. The van der Waals surface area contributed by atoms with Crippen LogP contribution in [0.4, 0.5) is 0 Å². The van der Waals surface area contributed by atoms with Crippen molar-refractivity contribution in [1.29, 1.82) is 0 Å². The lowest BCUT2D eigenvalue weighted by atomic mass is 10.1. The van der Waals surface area contributed by atoms with Gasteiger partial charge in [-0.25, -0.2) is 0 Å². The van der Waals surface area contributed by atoms with Gasteiger partial charge >= 0.3 is 0 Å². The number of carbonyl (C=O) groups excluding carboxylic acids is 2. The van der Waals surface area contributed by atoms with Gasteiger partial charge < -0.3 is 19.6 Å². The fourth-order valence-corrected chi connectivity index (χ4v) is 3.78. The molecule has 1 saturated heterocycles. The average molecular weight is 394 g/mol. The van der Waals surface area contributed by atoms with E-state index in [1.807, 2.05) is 23.2 Å². The normalized spacial score (nSPS) is 15.0. The number of rotatable bonds is 7. The second-order valence-corrected chi connectivity index (χ2v) is 7.32. The lowest BCUT2D eigenvalue weighted by molar-refractivity contribution is -0.132. The Morgan fingerprint density at radius 2 is 1.90 bits per heavy atom. The second kappa shape index (κ2) is 8.96. The molecule has 7 heteroatoms. The van der Waals surface area contributed by atoms with E-state index in [9.17, 15) is 9.59 Å². The zero-order valence-electron chi connectivity index (χ0n) is 16.4. The minimum absolute atomic E-state index is 0.193. The Labute approximate surface area is 169 Å². The molecule has 3 aromatic rings. The summed E-state index contributed by atoms with van der Waals surface area (Å²) in [6, 6.07) is 11.5. The van der Waals surface area contributed by atoms with Crippen LogP contribution in [-0.4, -0.2) is 65.9 Å². The van der Waals surface area contributed by atoms with Gasteiger partial charge in [-0.15, -0.1) is 0 Å². The molecule has 1 aliphatic rings. The first-order valence-electron chi connectivity index (χ1n) is 10.1. The number of nitrogens with one attached hydrogen (secondary N) is 2. The molecule has 4 rings (SSSR count). The number of carbonyl (C=O) groups is 2. The molecule has 2 N–H and O–H groups in total. The summed E-state index contributed by atoms with van der Waals surface area (Å²) in [7, 11) is 0. The number of piperazine rings is 1. The van der Waals surface area contributed by atoms with Crippen LogP contribution in [0.3, 0.4) is 0 Å². The van der Waals surface area contributed by atoms with Gasteiger partial charge in [-0.3, -0.25) is 14.5 Å². The quantitative estimate of drug-likeness (QED) is 0.644. The van der Waals surface area contributed by atoms with Gasteiger partial charge in [0.25, 0.3) is 5.91 Å². The summed E-state index contributed by atoms with van der Waals surface area (Å²) in [5.41, 5.74) is 2.31. The van der Waals surface area contributed by atoms with Crippen LogP contribution < -0.4 is 5.32 Å². The molecule has 2 amide bonds. The molecule has 29 heavy (non-hydrogen) atoms. The molecule has 0 unspecified atom stereocenters. The molecular formula is C22H26N4O3. The Balaban J connectivity index is 1.17. The number of hydrogen-bond donors (Lipinski definition) is 2. The number of aromatic amines is 1. The van der Waals surface area contributed by atoms with Gasteiger partial charge in [0.05, 0.1) is 6.26 Å². The molecular weight excluding hydrogens is 368 g/mol. The highest BCUT2D eigenvalue weighted by molar-refractivity contribution is 5.91. The first kappa shape index (κ1) is 19.3. The van der Waals surface area contributed by atoms with Crippen LogP contribution >= 0.6 is 0 Å². The Kier molecular flexibility index (Phi) is 5.95. The first-order chi connectivity index (χ1) is 14.2. The van der Waals surface area contributed by atoms with Crippen LogP contribution in [0.15, 0.2) is 53.3 Å². The van der Waals surface area contributed by atoms with Crippen molar-refractivity contribution < 1.29 is 14.0 Å². The van der Waals surface area contributed by atoms with Crippen molar-refractivity contribution in [2.45, 2.75) is 12.8 Å². The Morgan fingerprint density at radius 1 is 1.07 bits per heavy atom. The van der Waals surface area contributed by atoms with Crippen molar-refractivity contribution >= 4 is 22.7 Å². The third kappa shape index (κ3) is 4.68. The van der Waals surface area contributed by atoms with Gasteiger partial charge in [0.1, 0.15) is 0 Å². The summed E-state index contributed by atoms with van der Waals surface area (Å²) < 4.78 is 5.08. The van der Waals surface area contributed by atoms with E-state index < -0.39 is 0 Å². The summed E-state index contributed by atoms with van der Waals surface area (Å²) >= 11 is 0. The van der Waals surface area contributed by atoms with Gasteiger partial charge in [-0.2, -0.15) is 0 Å². The third-order valence-electron chi connectivity index (χ3n) is 5.47. The van der Waals surface area contributed by atoms with Crippen molar-refractivity contribution in [1.82, 2.24) is 20.1 Å². The largest absolute Gasteiger partial charge is 0.459 e. The maximum absolute atomic E-state index is 12.6. The number of nitrogens with zero attached hydrogens (tertiary/aromatic N) is 2. The van der Waals surface area contributed by atoms with Gasteiger partial charge in [-0.05, 0) is 30.2 Å². The van der Waals surface area contributed by atoms with Crippen molar-refractivity contribution in [3.8, 4) is 0 Å². The van der Waals surface area contributed by atoms with Crippen LogP contribution in [0.2, 0.25) is 0 Å². The van der Waals surface area contributed by atoms with Gasteiger partial charge in [-0.1, -0.05) is 18.2 Å². The second-order valence-electron chi connectivity index (χ2n) is 7.32. The van der Waals surface area contributed by atoms with Crippen molar-refractivity contribution in [2.24, 2.45) is 0 Å². The average Bonchev–Trinajstić information content (AvgIpc) is 3.43. The van der Waals surface area contributed by atoms with E-state index in [-0.39, 0.29) is 11.8 Å². The van der Waals surface area contributed by atoms with Gasteiger partial charge in [0.15, 0.2) is 5.76 Å². The molecule has 3 heterocycles. The minimum atomic E-state index is -0.193. The number of furan rings is 1.